The van der Waals surface area contributed by atoms with Crippen LogP contribution in [0.25, 0.3) is 0 Å². The van der Waals surface area contributed by atoms with Crippen molar-refractivity contribution in [2.75, 3.05) is 11.5 Å². The molecule has 0 unspecified atom stereocenters. The van der Waals surface area contributed by atoms with Gasteiger partial charge >= 0.3 is 0 Å². The molecule has 1 aromatic rings. The van der Waals surface area contributed by atoms with Gasteiger partial charge in [-0.05, 0) is 22.0 Å². The number of phenolic OH excluding ortho intramolecular Hbond substituents is 1. The van der Waals surface area contributed by atoms with Gasteiger partial charge in [-0.2, -0.15) is 0 Å². The molecule has 1 rings (SSSR count). The van der Waals surface area contributed by atoms with Crippen LogP contribution < -0.4 is 11.5 Å². The molecular weight excluding hydrogens is 196 g/mol. The SMILES string of the molecule is Nc1cc(Br)c(N)cc1O. The number of halogens is 1. The second-order valence-corrected chi connectivity index (χ2v) is 2.79. The number of nitrogen functional groups attached to an aromatic ring is 2. The standard InChI is InChI=1S/C6H7BrN2O/c7-3-1-5(9)6(10)2-4(3)8/h1-2,10H,8-9H2. The second-order valence-electron chi connectivity index (χ2n) is 1.93. The first-order valence-corrected chi connectivity index (χ1v) is 3.44. The largest absolute Gasteiger partial charge is 0.506 e. The predicted molar refractivity (Wildman–Crippen MR) is 44.6 cm³/mol. The normalized spacial score (nSPS) is 9.70. The molecule has 0 aliphatic rings. The van der Waals surface area contributed by atoms with Crippen LogP contribution in [0.4, 0.5) is 11.4 Å². The van der Waals surface area contributed by atoms with Gasteiger partial charge in [-0.15, -0.1) is 0 Å². The van der Waals surface area contributed by atoms with Gasteiger partial charge in [-0.1, -0.05) is 0 Å². The van der Waals surface area contributed by atoms with Crippen molar-refractivity contribution in [2.45, 2.75) is 0 Å². The maximum absolute atomic E-state index is 9.00. The van der Waals surface area contributed by atoms with E-state index in [-0.39, 0.29) is 5.75 Å². The highest BCUT2D eigenvalue weighted by Gasteiger charge is 2.00. The van der Waals surface area contributed by atoms with Gasteiger partial charge in [0.1, 0.15) is 5.75 Å². The summed E-state index contributed by atoms with van der Waals surface area (Å²) in [6, 6.07) is 2.96. The lowest BCUT2D eigenvalue weighted by molar-refractivity contribution is 0.478. The van der Waals surface area contributed by atoms with E-state index in [1.54, 1.807) is 6.07 Å². The quantitative estimate of drug-likeness (QED) is 0.439. The lowest BCUT2D eigenvalue weighted by Crippen LogP contribution is -1.90. The van der Waals surface area contributed by atoms with Gasteiger partial charge in [0.05, 0.1) is 5.69 Å². The number of benzene rings is 1. The molecule has 0 bridgehead atoms. The number of hydrogen-bond donors (Lipinski definition) is 3. The molecule has 54 valence electrons. The van der Waals surface area contributed by atoms with Crippen molar-refractivity contribution in [1.82, 2.24) is 0 Å². The van der Waals surface area contributed by atoms with Gasteiger partial charge in [0.25, 0.3) is 0 Å². The molecule has 0 amide bonds. The molecular formula is C6H7BrN2O. The smallest absolute Gasteiger partial charge is 0.140 e. The Hall–Kier alpha value is -0.900. The summed E-state index contributed by atoms with van der Waals surface area (Å²) in [6.45, 7) is 0. The Bertz CT molecular complexity index is 212. The number of hydrogen-bond acceptors (Lipinski definition) is 3. The molecule has 0 saturated heterocycles. The third kappa shape index (κ3) is 1.16. The molecule has 0 aliphatic heterocycles. The van der Waals surface area contributed by atoms with E-state index in [2.05, 4.69) is 15.9 Å². The predicted octanol–water partition coefficient (Wildman–Crippen LogP) is 1.32. The Labute approximate surface area is 66.8 Å². The molecule has 0 aromatic heterocycles. The van der Waals surface area contributed by atoms with E-state index in [1.807, 2.05) is 0 Å². The zero-order valence-electron chi connectivity index (χ0n) is 5.13. The van der Waals surface area contributed by atoms with E-state index in [4.69, 9.17) is 16.6 Å². The highest BCUT2D eigenvalue weighted by Crippen LogP contribution is 2.29. The van der Waals surface area contributed by atoms with Crippen molar-refractivity contribution in [2.24, 2.45) is 0 Å². The highest BCUT2D eigenvalue weighted by molar-refractivity contribution is 9.10. The summed E-state index contributed by atoms with van der Waals surface area (Å²) in [6.07, 6.45) is 0. The molecule has 0 radical (unpaired) electrons. The number of rotatable bonds is 0. The van der Waals surface area contributed by atoms with Crippen LogP contribution in [0.5, 0.6) is 5.75 Å². The Balaban J connectivity index is 3.28. The minimum atomic E-state index is 0.0145. The molecule has 4 heteroatoms. The topological polar surface area (TPSA) is 72.3 Å². The van der Waals surface area contributed by atoms with Gasteiger partial charge in [0.2, 0.25) is 0 Å². The van der Waals surface area contributed by atoms with Gasteiger partial charge in [0.15, 0.2) is 0 Å². The van der Waals surface area contributed by atoms with Crippen LogP contribution in [0, 0.1) is 0 Å². The average Bonchev–Trinajstić information content (AvgIpc) is 1.84. The van der Waals surface area contributed by atoms with Crippen molar-refractivity contribution >= 4 is 27.3 Å². The zero-order valence-corrected chi connectivity index (χ0v) is 6.72. The minimum absolute atomic E-state index is 0.0145. The third-order valence-corrected chi connectivity index (χ3v) is 1.83. The van der Waals surface area contributed by atoms with Crippen molar-refractivity contribution in [1.29, 1.82) is 0 Å². The first kappa shape index (κ1) is 7.21. The van der Waals surface area contributed by atoms with Crippen LogP contribution in [0.3, 0.4) is 0 Å². The van der Waals surface area contributed by atoms with Crippen LogP contribution in [0.2, 0.25) is 0 Å². The van der Waals surface area contributed by atoms with Gasteiger partial charge in [-0.3, -0.25) is 0 Å². The van der Waals surface area contributed by atoms with Gasteiger partial charge < -0.3 is 16.6 Å². The Morgan fingerprint density at radius 3 is 2.30 bits per heavy atom. The molecule has 0 spiro atoms. The van der Waals surface area contributed by atoms with Gasteiger partial charge in [0, 0.05) is 16.2 Å². The number of aromatic hydroxyl groups is 1. The van der Waals surface area contributed by atoms with Crippen LogP contribution in [-0.2, 0) is 0 Å². The minimum Gasteiger partial charge on any atom is -0.506 e. The van der Waals surface area contributed by atoms with Crippen LogP contribution in [-0.4, -0.2) is 5.11 Å². The number of phenols is 1. The number of nitrogens with two attached hydrogens (primary N) is 2. The van der Waals surface area contributed by atoms with Crippen molar-refractivity contribution in [3.8, 4) is 5.75 Å². The van der Waals surface area contributed by atoms with Crippen LogP contribution in [0.15, 0.2) is 16.6 Å². The van der Waals surface area contributed by atoms with E-state index in [9.17, 15) is 0 Å². The summed E-state index contributed by atoms with van der Waals surface area (Å²) in [5.41, 5.74) is 11.6. The molecule has 0 aliphatic carbocycles. The summed E-state index contributed by atoms with van der Waals surface area (Å²) in [7, 11) is 0. The van der Waals surface area contributed by atoms with Gasteiger partial charge in [-0.25, -0.2) is 0 Å². The summed E-state index contributed by atoms with van der Waals surface area (Å²) in [5.74, 6) is 0.0145. The Kier molecular flexibility index (Phi) is 1.72. The molecule has 0 saturated carbocycles. The molecule has 0 heterocycles. The first-order valence-electron chi connectivity index (χ1n) is 2.64. The zero-order chi connectivity index (χ0) is 7.72. The van der Waals surface area contributed by atoms with Crippen LogP contribution in [0.1, 0.15) is 0 Å². The van der Waals surface area contributed by atoms with Crippen molar-refractivity contribution in [3.05, 3.63) is 16.6 Å². The maximum atomic E-state index is 9.00. The molecule has 3 nitrogen and oxygen atoms in total. The molecule has 0 fully saturated rings. The maximum Gasteiger partial charge on any atom is 0.140 e. The molecule has 10 heavy (non-hydrogen) atoms. The summed E-state index contributed by atoms with van der Waals surface area (Å²) < 4.78 is 0.697. The highest BCUT2D eigenvalue weighted by atomic mass is 79.9. The Morgan fingerprint density at radius 2 is 1.80 bits per heavy atom. The lowest BCUT2D eigenvalue weighted by Gasteiger charge is -2.01. The van der Waals surface area contributed by atoms with Crippen LogP contribution >= 0.6 is 15.9 Å². The Morgan fingerprint density at radius 1 is 1.20 bits per heavy atom. The van der Waals surface area contributed by atoms with Crippen molar-refractivity contribution < 1.29 is 5.11 Å². The van der Waals surface area contributed by atoms with E-state index in [0.29, 0.717) is 15.8 Å². The summed E-state index contributed by atoms with van der Waals surface area (Å²) in [5, 5.41) is 9.00. The fourth-order valence-corrected chi connectivity index (χ4v) is 0.954. The third-order valence-electron chi connectivity index (χ3n) is 1.15. The van der Waals surface area contributed by atoms with Crippen molar-refractivity contribution in [3.63, 3.8) is 0 Å². The van der Waals surface area contributed by atoms with E-state index in [0.717, 1.165) is 0 Å². The fraction of sp³-hybridized carbons (Fsp3) is 0. The molecule has 0 atom stereocenters. The second kappa shape index (κ2) is 2.38. The van der Waals surface area contributed by atoms with E-state index in [1.165, 1.54) is 6.07 Å². The summed E-state index contributed by atoms with van der Waals surface area (Å²) >= 11 is 3.16. The monoisotopic (exact) mass is 202 g/mol. The lowest BCUT2D eigenvalue weighted by atomic mass is 10.3. The summed E-state index contributed by atoms with van der Waals surface area (Å²) in [4.78, 5) is 0. The fourth-order valence-electron chi connectivity index (χ4n) is 0.593. The average molecular weight is 203 g/mol. The first-order chi connectivity index (χ1) is 4.61. The molecule has 1 aromatic carbocycles. The van der Waals surface area contributed by atoms with E-state index < -0.39 is 0 Å². The van der Waals surface area contributed by atoms with E-state index >= 15 is 0 Å². The molecule has 5 N–H and O–H groups in total. The number of anilines is 2.